The van der Waals surface area contributed by atoms with E-state index in [1.165, 1.54) is 0 Å². The molecule has 1 aliphatic rings. The third-order valence-electron chi connectivity index (χ3n) is 6.02. The molecule has 3 heterocycles. The van der Waals surface area contributed by atoms with Crippen molar-refractivity contribution in [1.82, 2.24) is 19.9 Å². The highest BCUT2D eigenvalue weighted by atomic mass is 35.5. The second-order valence-electron chi connectivity index (χ2n) is 8.18. The molecule has 1 saturated heterocycles. The predicted octanol–water partition coefficient (Wildman–Crippen LogP) is 5.24. The van der Waals surface area contributed by atoms with Crippen LogP contribution in [-0.2, 0) is 11.3 Å². The zero-order valence-electron chi connectivity index (χ0n) is 17.9. The minimum absolute atomic E-state index is 0.0387. The van der Waals surface area contributed by atoms with Crippen molar-refractivity contribution in [2.75, 3.05) is 18.0 Å². The summed E-state index contributed by atoms with van der Waals surface area (Å²) in [5, 5.41) is 9.06. The molecule has 8 heteroatoms. The summed E-state index contributed by atoms with van der Waals surface area (Å²) in [6, 6.07) is 17.2. The second-order valence-corrected chi connectivity index (χ2v) is 9.00. The molecular weight excluding hydrogens is 457 g/mol. The summed E-state index contributed by atoms with van der Waals surface area (Å²) in [5.74, 6) is 0.748. The molecule has 0 bridgehead atoms. The molecule has 0 unspecified atom stereocenters. The zero-order valence-corrected chi connectivity index (χ0v) is 19.4. The highest BCUT2D eigenvalue weighted by Gasteiger charge is 2.28. The second kappa shape index (κ2) is 9.41. The molecule has 0 radical (unpaired) electrons. The Bertz CT molecular complexity index is 1300. The van der Waals surface area contributed by atoms with E-state index in [2.05, 4.69) is 15.2 Å². The van der Waals surface area contributed by atoms with E-state index in [0.29, 0.717) is 23.1 Å². The molecule has 33 heavy (non-hydrogen) atoms. The number of carbonyl (C=O) groups excluding carboxylic acids is 1. The van der Waals surface area contributed by atoms with E-state index in [1.54, 1.807) is 6.20 Å². The quantitative estimate of drug-likeness (QED) is 0.425. The van der Waals surface area contributed by atoms with Crippen molar-refractivity contribution in [3.8, 4) is 11.3 Å². The van der Waals surface area contributed by atoms with Crippen LogP contribution in [-0.4, -0.2) is 33.6 Å². The Morgan fingerprint density at radius 3 is 2.70 bits per heavy atom. The molecule has 1 aliphatic heterocycles. The van der Waals surface area contributed by atoms with Crippen LogP contribution in [0.15, 0.2) is 67.0 Å². The molecule has 1 N–H and O–H groups in total. The van der Waals surface area contributed by atoms with Gasteiger partial charge in [0.05, 0.1) is 16.6 Å². The maximum Gasteiger partial charge on any atom is 0.225 e. The molecule has 0 saturated carbocycles. The largest absolute Gasteiger partial charge is 0.354 e. The first kappa shape index (κ1) is 21.7. The summed E-state index contributed by atoms with van der Waals surface area (Å²) in [5.41, 5.74) is 3.48. The van der Waals surface area contributed by atoms with E-state index in [-0.39, 0.29) is 11.8 Å². The van der Waals surface area contributed by atoms with Gasteiger partial charge in [0.1, 0.15) is 5.52 Å². The van der Waals surface area contributed by atoms with Crippen LogP contribution >= 0.6 is 23.2 Å². The van der Waals surface area contributed by atoms with Crippen molar-refractivity contribution in [2.45, 2.75) is 19.4 Å². The van der Waals surface area contributed by atoms with Crippen molar-refractivity contribution < 1.29 is 4.79 Å². The average Bonchev–Trinajstić information content (AvgIpc) is 3.28. The number of fused-ring (bicyclic) bond motifs is 1. The van der Waals surface area contributed by atoms with E-state index in [1.807, 2.05) is 65.3 Å². The van der Waals surface area contributed by atoms with Crippen molar-refractivity contribution in [1.29, 1.82) is 0 Å². The number of amides is 1. The van der Waals surface area contributed by atoms with Crippen LogP contribution in [0.4, 0.5) is 5.82 Å². The summed E-state index contributed by atoms with van der Waals surface area (Å²) in [6.07, 6.45) is 5.33. The highest BCUT2D eigenvalue weighted by Crippen LogP contribution is 2.31. The van der Waals surface area contributed by atoms with Crippen LogP contribution < -0.4 is 10.2 Å². The molecule has 2 aromatic carbocycles. The van der Waals surface area contributed by atoms with Gasteiger partial charge in [-0.3, -0.25) is 4.79 Å². The lowest BCUT2D eigenvalue weighted by atomic mass is 9.97. The fraction of sp³-hybridized carbons (Fsp3) is 0.240. The Morgan fingerprint density at radius 1 is 1.09 bits per heavy atom. The molecule has 0 spiro atoms. The minimum Gasteiger partial charge on any atom is -0.354 e. The number of rotatable bonds is 5. The van der Waals surface area contributed by atoms with Crippen molar-refractivity contribution in [2.24, 2.45) is 5.92 Å². The van der Waals surface area contributed by atoms with Crippen LogP contribution in [0.1, 0.15) is 18.4 Å². The third-order valence-corrected chi connectivity index (χ3v) is 6.72. The molecular formula is C25H23Cl2N5O. The molecule has 168 valence electrons. The van der Waals surface area contributed by atoms with Gasteiger partial charge in [0.15, 0.2) is 5.82 Å². The van der Waals surface area contributed by atoms with Crippen molar-refractivity contribution in [3.05, 3.63) is 82.6 Å². The molecule has 1 atom stereocenters. The highest BCUT2D eigenvalue weighted by molar-refractivity contribution is 6.33. The summed E-state index contributed by atoms with van der Waals surface area (Å²) >= 11 is 12.6. The molecule has 6 nitrogen and oxygen atoms in total. The van der Waals surface area contributed by atoms with Gasteiger partial charge < -0.3 is 10.2 Å². The van der Waals surface area contributed by atoms with Gasteiger partial charge in [-0.15, -0.1) is 0 Å². The van der Waals surface area contributed by atoms with Gasteiger partial charge >= 0.3 is 0 Å². The normalized spacial score (nSPS) is 16.2. The van der Waals surface area contributed by atoms with E-state index >= 15 is 0 Å². The number of piperidine rings is 1. The van der Waals surface area contributed by atoms with Crippen molar-refractivity contribution in [3.63, 3.8) is 0 Å². The number of benzene rings is 2. The Balaban J connectivity index is 1.35. The minimum atomic E-state index is -0.116. The van der Waals surface area contributed by atoms with Gasteiger partial charge in [-0.1, -0.05) is 59.6 Å². The number of hydrogen-bond donors (Lipinski definition) is 1. The van der Waals surface area contributed by atoms with E-state index in [4.69, 9.17) is 28.3 Å². The molecule has 1 fully saturated rings. The number of aromatic nitrogens is 3. The molecule has 4 aromatic rings. The molecule has 0 aliphatic carbocycles. The Hall–Kier alpha value is -3.09. The Kier molecular flexibility index (Phi) is 6.20. The lowest BCUT2D eigenvalue weighted by Crippen LogP contribution is -2.43. The van der Waals surface area contributed by atoms with Crippen LogP contribution in [0.2, 0.25) is 10.0 Å². The van der Waals surface area contributed by atoms with Crippen LogP contribution in [0.3, 0.4) is 0 Å². The Morgan fingerprint density at radius 2 is 1.88 bits per heavy atom. The number of anilines is 1. The fourth-order valence-electron chi connectivity index (χ4n) is 4.30. The first-order chi connectivity index (χ1) is 16.1. The number of carbonyl (C=O) groups is 1. The first-order valence-corrected chi connectivity index (χ1v) is 11.7. The Labute approximate surface area is 202 Å². The lowest BCUT2D eigenvalue weighted by Gasteiger charge is -2.33. The predicted molar refractivity (Wildman–Crippen MR) is 132 cm³/mol. The summed E-state index contributed by atoms with van der Waals surface area (Å²) in [6.45, 7) is 1.87. The van der Waals surface area contributed by atoms with Gasteiger partial charge in [-0.05, 0) is 36.6 Å². The molecule has 5 rings (SSSR count). The van der Waals surface area contributed by atoms with Gasteiger partial charge in [-0.25, -0.2) is 9.50 Å². The van der Waals surface area contributed by atoms with E-state index in [0.717, 1.165) is 47.5 Å². The zero-order chi connectivity index (χ0) is 22.8. The summed E-state index contributed by atoms with van der Waals surface area (Å²) < 4.78 is 1.82. The van der Waals surface area contributed by atoms with Gasteiger partial charge in [0, 0.05) is 42.6 Å². The van der Waals surface area contributed by atoms with Crippen LogP contribution in [0, 0.1) is 5.92 Å². The molecule has 1 amide bonds. The number of halogens is 2. The summed E-state index contributed by atoms with van der Waals surface area (Å²) in [4.78, 5) is 19.7. The standard InChI is InChI=1S/C25H23Cl2N5O/c26-20-9-3-1-6-17(20)15-29-25(33)18-7-5-12-31(16-18)24-23-14-22(30-32(23)13-11-28-24)19-8-2-4-10-21(19)27/h1-4,6,8-11,13-14,18H,5,7,12,15-16H2,(H,29,33)/t18-/m0/s1. The monoisotopic (exact) mass is 479 g/mol. The maximum absolute atomic E-state index is 12.9. The lowest BCUT2D eigenvalue weighted by molar-refractivity contribution is -0.125. The summed E-state index contributed by atoms with van der Waals surface area (Å²) in [7, 11) is 0. The number of nitrogens with zero attached hydrogens (tertiary/aromatic N) is 4. The van der Waals surface area contributed by atoms with Crippen molar-refractivity contribution >= 4 is 40.4 Å². The third kappa shape index (κ3) is 4.54. The number of nitrogens with one attached hydrogen (secondary N) is 1. The van der Waals surface area contributed by atoms with Gasteiger partial charge in [0.2, 0.25) is 5.91 Å². The first-order valence-electron chi connectivity index (χ1n) is 11.0. The topological polar surface area (TPSA) is 62.5 Å². The SMILES string of the molecule is O=C(NCc1ccccc1Cl)[C@H]1CCCN(c2nccn3nc(-c4ccccc4Cl)cc23)C1. The smallest absolute Gasteiger partial charge is 0.225 e. The fourth-order valence-corrected chi connectivity index (χ4v) is 4.74. The molecule has 2 aromatic heterocycles. The van der Waals surface area contributed by atoms with Gasteiger partial charge in [0.25, 0.3) is 0 Å². The number of hydrogen-bond acceptors (Lipinski definition) is 4. The van der Waals surface area contributed by atoms with E-state index in [9.17, 15) is 4.79 Å². The van der Waals surface area contributed by atoms with Crippen LogP contribution in [0.25, 0.3) is 16.8 Å². The maximum atomic E-state index is 12.9. The van der Waals surface area contributed by atoms with Gasteiger partial charge in [-0.2, -0.15) is 5.10 Å². The van der Waals surface area contributed by atoms with Crippen LogP contribution in [0.5, 0.6) is 0 Å². The van der Waals surface area contributed by atoms with E-state index < -0.39 is 0 Å². The average molecular weight is 480 g/mol.